The van der Waals surface area contributed by atoms with E-state index in [-0.39, 0.29) is 0 Å². The molecule has 2 aromatic rings. The molecular formula is C22H29N3O4. The molecule has 2 rings (SSSR count). The van der Waals surface area contributed by atoms with Crippen molar-refractivity contribution in [2.45, 2.75) is 20.3 Å². The standard InChI is InChI=1S/C22H29N3O4/c1-5-25(6-2)18-10-8-17(9-11-18)24-22(27)21(26)23-14-13-16-7-12-19(28-3)20(15-16)29-4/h7-12,15H,5-6,13-14H2,1-4H3,(H,23,26)(H,24,27). The summed E-state index contributed by atoms with van der Waals surface area (Å²) in [6.07, 6.45) is 0.567. The number of carbonyl (C=O) groups is 2. The molecule has 0 bridgehead atoms. The number of nitrogens with zero attached hydrogens (tertiary/aromatic N) is 1. The van der Waals surface area contributed by atoms with Crippen LogP contribution < -0.4 is 25.0 Å². The molecule has 0 atom stereocenters. The Balaban J connectivity index is 1.84. The molecule has 0 unspecified atom stereocenters. The predicted molar refractivity (Wildman–Crippen MR) is 115 cm³/mol. The number of benzene rings is 2. The zero-order chi connectivity index (χ0) is 21.2. The second kappa shape index (κ2) is 10.9. The van der Waals surface area contributed by atoms with Gasteiger partial charge in [0.1, 0.15) is 0 Å². The van der Waals surface area contributed by atoms with Crippen molar-refractivity contribution in [1.82, 2.24) is 5.32 Å². The summed E-state index contributed by atoms with van der Waals surface area (Å²) in [5.74, 6) is -0.0832. The molecule has 156 valence electrons. The molecule has 7 nitrogen and oxygen atoms in total. The number of carbonyl (C=O) groups excluding carboxylic acids is 2. The summed E-state index contributed by atoms with van der Waals surface area (Å²) in [4.78, 5) is 26.4. The van der Waals surface area contributed by atoms with Crippen LogP contribution in [0.4, 0.5) is 11.4 Å². The van der Waals surface area contributed by atoms with E-state index in [9.17, 15) is 9.59 Å². The second-order valence-corrected chi connectivity index (χ2v) is 6.37. The Morgan fingerprint density at radius 1 is 0.897 bits per heavy atom. The monoisotopic (exact) mass is 399 g/mol. The molecule has 0 fully saturated rings. The highest BCUT2D eigenvalue weighted by atomic mass is 16.5. The molecule has 0 aliphatic rings. The van der Waals surface area contributed by atoms with Gasteiger partial charge in [-0.2, -0.15) is 0 Å². The Morgan fingerprint density at radius 2 is 1.55 bits per heavy atom. The zero-order valence-electron chi connectivity index (χ0n) is 17.5. The minimum atomic E-state index is -0.687. The fourth-order valence-electron chi connectivity index (χ4n) is 2.97. The van der Waals surface area contributed by atoms with Crippen molar-refractivity contribution >= 4 is 23.2 Å². The third kappa shape index (κ3) is 6.14. The van der Waals surface area contributed by atoms with Crippen LogP contribution in [0.1, 0.15) is 19.4 Å². The van der Waals surface area contributed by atoms with Crippen LogP contribution in [0.5, 0.6) is 11.5 Å². The average Bonchev–Trinajstić information content (AvgIpc) is 2.75. The topological polar surface area (TPSA) is 79.9 Å². The number of methoxy groups -OCH3 is 2. The number of nitrogens with one attached hydrogen (secondary N) is 2. The van der Waals surface area contributed by atoms with E-state index in [2.05, 4.69) is 29.4 Å². The van der Waals surface area contributed by atoms with Crippen LogP contribution >= 0.6 is 0 Å². The molecule has 0 spiro atoms. The van der Waals surface area contributed by atoms with Gasteiger partial charge in [-0.25, -0.2) is 0 Å². The van der Waals surface area contributed by atoms with Gasteiger partial charge in [0.2, 0.25) is 0 Å². The number of hydrogen-bond donors (Lipinski definition) is 2. The van der Waals surface area contributed by atoms with Crippen molar-refractivity contribution in [2.24, 2.45) is 0 Å². The molecule has 7 heteroatoms. The number of anilines is 2. The maximum absolute atomic E-state index is 12.1. The molecule has 2 aromatic carbocycles. The third-order valence-electron chi connectivity index (χ3n) is 4.61. The normalized spacial score (nSPS) is 10.2. The first kappa shape index (κ1) is 22.1. The molecular weight excluding hydrogens is 370 g/mol. The van der Waals surface area contributed by atoms with Gasteiger partial charge in [0.25, 0.3) is 0 Å². The molecule has 0 saturated heterocycles. The molecule has 0 heterocycles. The van der Waals surface area contributed by atoms with Gasteiger partial charge in [0.15, 0.2) is 11.5 Å². The highest BCUT2D eigenvalue weighted by Crippen LogP contribution is 2.27. The first-order valence-electron chi connectivity index (χ1n) is 9.67. The van der Waals surface area contributed by atoms with Crippen LogP contribution in [-0.2, 0) is 16.0 Å². The first-order chi connectivity index (χ1) is 14.0. The van der Waals surface area contributed by atoms with Gasteiger partial charge in [-0.05, 0) is 62.2 Å². The summed E-state index contributed by atoms with van der Waals surface area (Å²) in [6.45, 7) is 6.33. The molecule has 2 amide bonds. The highest BCUT2D eigenvalue weighted by Gasteiger charge is 2.13. The van der Waals surface area contributed by atoms with Crippen LogP contribution in [0.15, 0.2) is 42.5 Å². The highest BCUT2D eigenvalue weighted by molar-refractivity contribution is 6.39. The summed E-state index contributed by atoms with van der Waals surface area (Å²) in [5.41, 5.74) is 2.63. The Morgan fingerprint density at radius 3 is 2.14 bits per heavy atom. The van der Waals surface area contributed by atoms with E-state index in [4.69, 9.17) is 9.47 Å². The van der Waals surface area contributed by atoms with E-state index >= 15 is 0 Å². The number of ether oxygens (including phenoxy) is 2. The lowest BCUT2D eigenvalue weighted by Gasteiger charge is -2.21. The maximum Gasteiger partial charge on any atom is 0.313 e. The SMILES string of the molecule is CCN(CC)c1ccc(NC(=O)C(=O)NCCc2ccc(OC)c(OC)c2)cc1. The summed E-state index contributed by atoms with van der Waals surface area (Å²) < 4.78 is 10.5. The Labute approximate surface area is 172 Å². The van der Waals surface area contributed by atoms with E-state index in [1.54, 1.807) is 26.4 Å². The molecule has 0 aromatic heterocycles. The molecule has 2 N–H and O–H groups in total. The number of rotatable bonds is 9. The van der Waals surface area contributed by atoms with Crippen molar-refractivity contribution in [1.29, 1.82) is 0 Å². The second-order valence-electron chi connectivity index (χ2n) is 6.37. The summed E-state index contributed by atoms with van der Waals surface area (Å²) >= 11 is 0. The van der Waals surface area contributed by atoms with Crippen LogP contribution in [0.25, 0.3) is 0 Å². The van der Waals surface area contributed by atoms with E-state index in [1.807, 2.05) is 30.3 Å². The predicted octanol–water partition coefficient (Wildman–Crippen LogP) is 2.85. The van der Waals surface area contributed by atoms with Gasteiger partial charge in [-0.3, -0.25) is 9.59 Å². The Hall–Kier alpha value is -3.22. The Kier molecular flexibility index (Phi) is 8.33. The number of amides is 2. The van der Waals surface area contributed by atoms with E-state index < -0.39 is 11.8 Å². The zero-order valence-corrected chi connectivity index (χ0v) is 17.5. The largest absolute Gasteiger partial charge is 0.493 e. The molecule has 29 heavy (non-hydrogen) atoms. The van der Waals surface area contributed by atoms with Gasteiger partial charge in [0.05, 0.1) is 14.2 Å². The van der Waals surface area contributed by atoms with Crippen molar-refractivity contribution in [3.63, 3.8) is 0 Å². The fraction of sp³-hybridized carbons (Fsp3) is 0.364. The van der Waals surface area contributed by atoms with Crippen LogP contribution in [0.3, 0.4) is 0 Å². The summed E-state index contributed by atoms with van der Waals surface area (Å²) in [5, 5.41) is 5.25. The van der Waals surface area contributed by atoms with Crippen molar-refractivity contribution in [3.8, 4) is 11.5 Å². The van der Waals surface area contributed by atoms with Crippen molar-refractivity contribution in [3.05, 3.63) is 48.0 Å². The Bertz CT molecular complexity index is 817. The van der Waals surface area contributed by atoms with Crippen molar-refractivity contribution < 1.29 is 19.1 Å². The van der Waals surface area contributed by atoms with E-state index in [1.165, 1.54) is 0 Å². The van der Waals surface area contributed by atoms with Gasteiger partial charge >= 0.3 is 11.8 Å². The first-order valence-corrected chi connectivity index (χ1v) is 9.67. The molecule has 0 radical (unpaired) electrons. The van der Waals surface area contributed by atoms with Crippen LogP contribution in [0.2, 0.25) is 0 Å². The van der Waals surface area contributed by atoms with Crippen LogP contribution in [0, 0.1) is 0 Å². The smallest absolute Gasteiger partial charge is 0.313 e. The van der Waals surface area contributed by atoms with Gasteiger partial charge < -0.3 is 25.0 Å². The van der Waals surface area contributed by atoms with E-state index in [0.717, 1.165) is 24.3 Å². The van der Waals surface area contributed by atoms with Crippen molar-refractivity contribution in [2.75, 3.05) is 44.1 Å². The summed E-state index contributed by atoms with van der Waals surface area (Å²) in [7, 11) is 3.15. The third-order valence-corrected chi connectivity index (χ3v) is 4.61. The van der Waals surface area contributed by atoms with Crippen LogP contribution in [-0.4, -0.2) is 45.7 Å². The van der Waals surface area contributed by atoms with Gasteiger partial charge in [-0.15, -0.1) is 0 Å². The van der Waals surface area contributed by atoms with Gasteiger partial charge in [-0.1, -0.05) is 6.07 Å². The fourth-order valence-corrected chi connectivity index (χ4v) is 2.97. The molecule has 0 saturated carbocycles. The van der Waals surface area contributed by atoms with E-state index in [0.29, 0.717) is 30.2 Å². The minimum absolute atomic E-state index is 0.336. The molecule has 0 aliphatic heterocycles. The minimum Gasteiger partial charge on any atom is -0.493 e. The maximum atomic E-state index is 12.1. The average molecular weight is 399 g/mol. The van der Waals surface area contributed by atoms with Gasteiger partial charge in [0, 0.05) is 31.0 Å². The lowest BCUT2D eigenvalue weighted by molar-refractivity contribution is -0.136. The lowest BCUT2D eigenvalue weighted by atomic mass is 10.1. The quantitative estimate of drug-likeness (QED) is 0.634. The molecule has 0 aliphatic carbocycles. The number of hydrogen-bond acceptors (Lipinski definition) is 5. The lowest BCUT2D eigenvalue weighted by Crippen LogP contribution is -2.36. The summed E-state index contributed by atoms with van der Waals surface area (Å²) in [6, 6.07) is 13.0.